The number of halogens is 3. The van der Waals surface area contributed by atoms with Gasteiger partial charge in [-0.1, -0.05) is 35.3 Å². The van der Waals surface area contributed by atoms with Crippen LogP contribution in [0.3, 0.4) is 0 Å². The molecule has 5 nitrogen and oxygen atoms in total. The molecule has 2 heterocycles. The number of pyridine rings is 2. The molecular formula is C16H20Cl2IN5. The molecule has 0 unspecified atom stereocenters. The Labute approximate surface area is 169 Å². The zero-order valence-electron chi connectivity index (χ0n) is 13.3. The number of nitrogens with one attached hydrogen (secondary N) is 2. The molecule has 0 aliphatic rings. The van der Waals surface area contributed by atoms with Crippen molar-refractivity contribution < 1.29 is 0 Å². The maximum Gasteiger partial charge on any atom is 0.190 e. The minimum absolute atomic E-state index is 0. The fraction of sp³-hybridized carbons (Fsp3) is 0.312. The van der Waals surface area contributed by atoms with E-state index in [1.54, 1.807) is 31.6 Å². The van der Waals surface area contributed by atoms with Crippen LogP contribution in [-0.2, 0) is 12.8 Å². The van der Waals surface area contributed by atoms with Gasteiger partial charge in [0.15, 0.2) is 5.96 Å². The van der Waals surface area contributed by atoms with Gasteiger partial charge in [-0.25, -0.2) is 9.97 Å². The van der Waals surface area contributed by atoms with Crippen molar-refractivity contribution in [1.29, 1.82) is 0 Å². The Hall–Kier alpha value is -1.12. The number of rotatable bonds is 6. The number of aliphatic imine (C=N–C) groups is 1. The lowest BCUT2D eigenvalue weighted by atomic mass is 10.2. The average molecular weight is 480 g/mol. The Bertz CT molecular complexity index is 578. The van der Waals surface area contributed by atoms with Crippen LogP contribution < -0.4 is 10.6 Å². The van der Waals surface area contributed by atoms with E-state index in [0.29, 0.717) is 10.3 Å². The third-order valence-corrected chi connectivity index (χ3v) is 3.66. The summed E-state index contributed by atoms with van der Waals surface area (Å²) >= 11 is 11.5. The minimum atomic E-state index is 0. The first kappa shape index (κ1) is 20.9. The van der Waals surface area contributed by atoms with Crippen molar-refractivity contribution in [2.24, 2.45) is 4.99 Å². The lowest BCUT2D eigenvalue weighted by Gasteiger charge is -2.11. The van der Waals surface area contributed by atoms with Gasteiger partial charge in [-0.2, -0.15) is 0 Å². The number of guanidine groups is 1. The van der Waals surface area contributed by atoms with Gasteiger partial charge in [0.2, 0.25) is 0 Å². The van der Waals surface area contributed by atoms with E-state index in [1.165, 1.54) is 0 Å². The monoisotopic (exact) mass is 479 g/mol. The summed E-state index contributed by atoms with van der Waals surface area (Å²) in [5, 5.41) is 7.56. The highest BCUT2D eigenvalue weighted by molar-refractivity contribution is 14.0. The van der Waals surface area contributed by atoms with Gasteiger partial charge in [0.25, 0.3) is 0 Å². The predicted octanol–water partition coefficient (Wildman–Crippen LogP) is 3.35. The van der Waals surface area contributed by atoms with Crippen LogP contribution >= 0.6 is 47.2 Å². The van der Waals surface area contributed by atoms with Crippen LogP contribution in [0, 0.1) is 0 Å². The highest BCUT2D eigenvalue weighted by Gasteiger charge is 2.00. The minimum Gasteiger partial charge on any atom is -0.356 e. The fourth-order valence-electron chi connectivity index (χ4n) is 1.98. The van der Waals surface area contributed by atoms with Crippen molar-refractivity contribution in [2.75, 3.05) is 20.1 Å². The van der Waals surface area contributed by atoms with Gasteiger partial charge in [0.05, 0.1) is 0 Å². The van der Waals surface area contributed by atoms with Gasteiger partial charge in [-0.15, -0.1) is 24.0 Å². The summed E-state index contributed by atoms with van der Waals surface area (Å²) in [5.41, 5.74) is 2.26. The Kier molecular flexibility index (Phi) is 9.97. The zero-order chi connectivity index (χ0) is 16.5. The second kappa shape index (κ2) is 11.4. The van der Waals surface area contributed by atoms with E-state index < -0.39 is 0 Å². The normalized spacial score (nSPS) is 9.79. The molecule has 0 radical (unpaired) electrons. The molecule has 0 bridgehead atoms. The van der Waals surface area contributed by atoms with Crippen molar-refractivity contribution in [1.82, 2.24) is 20.6 Å². The number of nitrogens with zero attached hydrogens (tertiary/aromatic N) is 3. The molecule has 0 saturated carbocycles. The second-order valence-corrected chi connectivity index (χ2v) is 5.68. The molecule has 130 valence electrons. The molecule has 0 atom stereocenters. The molecule has 0 aliphatic heterocycles. The van der Waals surface area contributed by atoms with Crippen LogP contribution in [-0.4, -0.2) is 36.1 Å². The number of hydrogen-bond acceptors (Lipinski definition) is 3. The molecule has 0 aromatic carbocycles. The second-order valence-electron chi connectivity index (χ2n) is 4.90. The van der Waals surface area contributed by atoms with Gasteiger partial charge in [0.1, 0.15) is 10.3 Å². The highest BCUT2D eigenvalue weighted by atomic mass is 127. The molecule has 0 saturated heterocycles. The third-order valence-electron chi connectivity index (χ3n) is 3.21. The molecule has 0 fully saturated rings. The van der Waals surface area contributed by atoms with Crippen LogP contribution in [0.15, 0.2) is 41.7 Å². The topological polar surface area (TPSA) is 62.2 Å². The summed E-state index contributed by atoms with van der Waals surface area (Å²) in [6, 6.07) is 7.54. The summed E-state index contributed by atoms with van der Waals surface area (Å²) < 4.78 is 0. The summed E-state index contributed by atoms with van der Waals surface area (Å²) in [7, 11) is 1.75. The first-order chi connectivity index (χ1) is 11.2. The maximum atomic E-state index is 5.77. The Morgan fingerprint density at radius 2 is 1.38 bits per heavy atom. The van der Waals surface area contributed by atoms with E-state index in [1.807, 2.05) is 12.1 Å². The van der Waals surface area contributed by atoms with E-state index >= 15 is 0 Å². The van der Waals surface area contributed by atoms with E-state index in [-0.39, 0.29) is 24.0 Å². The van der Waals surface area contributed by atoms with Crippen LogP contribution in [0.5, 0.6) is 0 Å². The standard InChI is InChI=1S/C16H19Cl2N5.HI/c1-19-16(20-8-6-12-2-4-14(17)22-10-12)21-9-7-13-3-5-15(18)23-11-13;/h2-5,10-11H,6-9H2,1H3,(H2,19,20,21);1H. The van der Waals surface area contributed by atoms with Crippen molar-refractivity contribution in [3.8, 4) is 0 Å². The molecule has 2 aromatic rings. The van der Waals surface area contributed by atoms with Crippen LogP contribution in [0.25, 0.3) is 0 Å². The van der Waals surface area contributed by atoms with Gasteiger partial charge < -0.3 is 10.6 Å². The summed E-state index contributed by atoms with van der Waals surface area (Å²) in [6.45, 7) is 1.54. The lowest BCUT2D eigenvalue weighted by Crippen LogP contribution is -2.39. The SMILES string of the molecule is CN=C(NCCc1ccc(Cl)nc1)NCCc1ccc(Cl)nc1.I. The van der Waals surface area contributed by atoms with Crippen molar-refractivity contribution in [3.05, 3.63) is 58.1 Å². The van der Waals surface area contributed by atoms with Crippen LogP contribution in [0.1, 0.15) is 11.1 Å². The molecule has 0 amide bonds. The zero-order valence-corrected chi connectivity index (χ0v) is 17.1. The Morgan fingerprint density at radius 3 is 1.71 bits per heavy atom. The maximum absolute atomic E-state index is 5.77. The number of aromatic nitrogens is 2. The van der Waals surface area contributed by atoms with Crippen molar-refractivity contribution in [3.63, 3.8) is 0 Å². The third kappa shape index (κ3) is 7.63. The molecule has 0 spiro atoms. The molecule has 2 aromatic heterocycles. The molecule has 0 aliphatic carbocycles. The molecule has 8 heteroatoms. The summed E-state index contributed by atoms with van der Waals surface area (Å²) in [5.74, 6) is 0.772. The molecule has 2 N–H and O–H groups in total. The van der Waals surface area contributed by atoms with E-state index in [9.17, 15) is 0 Å². The number of hydrogen-bond donors (Lipinski definition) is 2. The Balaban J connectivity index is 0.00000288. The van der Waals surface area contributed by atoms with E-state index in [2.05, 4.69) is 25.6 Å². The Morgan fingerprint density at radius 1 is 0.917 bits per heavy atom. The van der Waals surface area contributed by atoms with Crippen molar-refractivity contribution >= 4 is 53.1 Å². The highest BCUT2D eigenvalue weighted by Crippen LogP contribution is 2.06. The first-order valence-corrected chi connectivity index (χ1v) is 8.08. The lowest BCUT2D eigenvalue weighted by molar-refractivity contribution is 0.782. The quantitative estimate of drug-likeness (QED) is 0.288. The van der Waals surface area contributed by atoms with Gasteiger partial charge >= 0.3 is 0 Å². The molecule has 24 heavy (non-hydrogen) atoms. The summed E-state index contributed by atoms with van der Waals surface area (Å²) in [6.07, 6.45) is 5.28. The van der Waals surface area contributed by atoms with Crippen LogP contribution in [0.2, 0.25) is 10.3 Å². The molecular weight excluding hydrogens is 460 g/mol. The summed E-state index contributed by atoms with van der Waals surface area (Å²) in [4.78, 5) is 12.3. The fourth-order valence-corrected chi connectivity index (χ4v) is 2.20. The predicted molar refractivity (Wildman–Crippen MR) is 111 cm³/mol. The van der Waals surface area contributed by atoms with Gasteiger partial charge in [0, 0.05) is 32.5 Å². The van der Waals surface area contributed by atoms with Gasteiger partial charge in [-0.05, 0) is 36.1 Å². The van der Waals surface area contributed by atoms with Gasteiger partial charge in [-0.3, -0.25) is 4.99 Å². The first-order valence-electron chi connectivity index (χ1n) is 7.33. The van der Waals surface area contributed by atoms with E-state index in [4.69, 9.17) is 23.2 Å². The molecule has 2 rings (SSSR count). The van der Waals surface area contributed by atoms with Crippen LogP contribution in [0.4, 0.5) is 0 Å². The largest absolute Gasteiger partial charge is 0.356 e. The van der Waals surface area contributed by atoms with E-state index in [0.717, 1.165) is 43.0 Å². The average Bonchev–Trinajstić information content (AvgIpc) is 2.57. The van der Waals surface area contributed by atoms with Crippen molar-refractivity contribution in [2.45, 2.75) is 12.8 Å². The smallest absolute Gasteiger partial charge is 0.190 e.